The normalized spacial score (nSPS) is 23.2. The highest BCUT2D eigenvalue weighted by molar-refractivity contribution is 5.84. The van der Waals surface area contributed by atoms with Gasteiger partial charge in [-0.1, -0.05) is 30.3 Å². The Bertz CT molecular complexity index is 779. The molecule has 2 aromatic carbocycles. The monoisotopic (exact) mass is 308 g/mol. The summed E-state index contributed by atoms with van der Waals surface area (Å²) in [5.41, 5.74) is 2.96. The summed E-state index contributed by atoms with van der Waals surface area (Å²) >= 11 is 0. The third kappa shape index (κ3) is 2.14. The van der Waals surface area contributed by atoms with Crippen molar-refractivity contribution >= 4 is 5.78 Å². The number of aryl methyl sites for hydroxylation is 1. The molecule has 0 saturated heterocycles. The molecular formula is C20H20O3. The lowest BCUT2D eigenvalue weighted by Gasteiger charge is -2.34. The van der Waals surface area contributed by atoms with Gasteiger partial charge in [0.05, 0.1) is 5.56 Å². The molecule has 2 aromatic rings. The summed E-state index contributed by atoms with van der Waals surface area (Å²) in [7, 11) is 0. The zero-order valence-corrected chi connectivity index (χ0v) is 13.0. The van der Waals surface area contributed by atoms with Crippen LogP contribution in [0.15, 0.2) is 36.4 Å². The van der Waals surface area contributed by atoms with E-state index in [1.807, 2.05) is 30.3 Å². The number of hydrogen-bond acceptors (Lipinski definition) is 3. The predicted molar refractivity (Wildman–Crippen MR) is 88.7 cm³/mol. The molecule has 0 heterocycles. The summed E-state index contributed by atoms with van der Waals surface area (Å²) in [4.78, 5) is 12.0. The van der Waals surface area contributed by atoms with Gasteiger partial charge in [0.25, 0.3) is 0 Å². The smallest absolute Gasteiger partial charge is 0.133 e. The third-order valence-electron chi connectivity index (χ3n) is 5.47. The van der Waals surface area contributed by atoms with Crippen molar-refractivity contribution in [3.05, 3.63) is 47.5 Å². The lowest BCUT2D eigenvalue weighted by Crippen LogP contribution is -2.31. The van der Waals surface area contributed by atoms with E-state index in [2.05, 4.69) is 0 Å². The molecule has 4 rings (SSSR count). The van der Waals surface area contributed by atoms with Gasteiger partial charge in [-0.25, -0.2) is 0 Å². The molecule has 2 aliphatic carbocycles. The molecule has 3 heteroatoms. The Morgan fingerprint density at radius 1 is 1.00 bits per heavy atom. The van der Waals surface area contributed by atoms with Gasteiger partial charge >= 0.3 is 0 Å². The average Bonchev–Trinajstić information content (AvgIpc) is 2.86. The topological polar surface area (TPSA) is 57.5 Å². The van der Waals surface area contributed by atoms with E-state index in [1.54, 1.807) is 6.07 Å². The van der Waals surface area contributed by atoms with E-state index in [1.165, 1.54) is 0 Å². The van der Waals surface area contributed by atoms with Gasteiger partial charge in [0.2, 0.25) is 0 Å². The molecular weight excluding hydrogens is 288 g/mol. The van der Waals surface area contributed by atoms with Crippen molar-refractivity contribution in [1.29, 1.82) is 0 Å². The van der Waals surface area contributed by atoms with Gasteiger partial charge in [0, 0.05) is 23.8 Å². The maximum Gasteiger partial charge on any atom is 0.133 e. The molecule has 2 N–H and O–H groups in total. The van der Waals surface area contributed by atoms with Gasteiger partial charge in [-0.15, -0.1) is 0 Å². The molecule has 2 aliphatic rings. The first kappa shape index (κ1) is 14.3. The van der Waals surface area contributed by atoms with Crippen LogP contribution in [0.25, 0.3) is 11.1 Å². The first-order valence-electron chi connectivity index (χ1n) is 8.26. The molecule has 0 aliphatic heterocycles. The second-order valence-electron chi connectivity index (χ2n) is 6.87. The lowest BCUT2D eigenvalue weighted by atomic mass is 9.69. The Hall–Kier alpha value is -2.29. The van der Waals surface area contributed by atoms with Crippen LogP contribution in [0, 0.1) is 0 Å². The highest BCUT2D eigenvalue weighted by Crippen LogP contribution is 2.55. The molecule has 1 saturated carbocycles. The molecule has 1 atom stereocenters. The fourth-order valence-corrected chi connectivity index (χ4v) is 4.49. The van der Waals surface area contributed by atoms with Crippen LogP contribution in [0.1, 0.15) is 43.2 Å². The van der Waals surface area contributed by atoms with E-state index in [4.69, 9.17) is 0 Å². The number of rotatable bonds is 1. The standard InChI is InChI=1S/C20H20O3/c21-15-7-4-9-20(12-15)10-8-14-11-16(22)17(19(23)18(14)20)13-5-2-1-3-6-13/h1-3,5-6,11,22-23H,4,7-10,12H2. The molecule has 3 nitrogen and oxygen atoms in total. The predicted octanol–water partition coefficient (Wildman–Crippen LogP) is 4.09. The van der Waals surface area contributed by atoms with Crippen LogP contribution < -0.4 is 0 Å². The fraction of sp³-hybridized carbons (Fsp3) is 0.350. The van der Waals surface area contributed by atoms with E-state index in [9.17, 15) is 15.0 Å². The van der Waals surface area contributed by atoms with Crippen molar-refractivity contribution in [3.63, 3.8) is 0 Å². The zero-order valence-electron chi connectivity index (χ0n) is 13.0. The van der Waals surface area contributed by atoms with Crippen LogP contribution in [0.3, 0.4) is 0 Å². The summed E-state index contributed by atoms with van der Waals surface area (Å²) < 4.78 is 0. The Kier molecular flexibility index (Phi) is 3.19. The number of fused-ring (bicyclic) bond motifs is 2. The third-order valence-corrected chi connectivity index (χ3v) is 5.47. The van der Waals surface area contributed by atoms with Gasteiger partial charge in [0.15, 0.2) is 0 Å². The minimum Gasteiger partial charge on any atom is -0.507 e. The summed E-state index contributed by atoms with van der Waals surface area (Å²) in [6.07, 6.45) is 4.71. The molecule has 1 spiro atoms. The number of carbonyl (C=O) groups is 1. The number of Topliss-reactive ketones (excluding diaryl/α,β-unsaturated/α-hetero) is 1. The fourth-order valence-electron chi connectivity index (χ4n) is 4.49. The van der Waals surface area contributed by atoms with Crippen molar-refractivity contribution in [1.82, 2.24) is 0 Å². The van der Waals surface area contributed by atoms with Crippen molar-refractivity contribution in [2.45, 2.75) is 43.9 Å². The first-order valence-corrected chi connectivity index (χ1v) is 8.26. The van der Waals surface area contributed by atoms with Crippen LogP contribution in [0.2, 0.25) is 0 Å². The Labute approximate surface area is 135 Å². The number of hydrogen-bond donors (Lipinski definition) is 2. The van der Waals surface area contributed by atoms with Gasteiger partial charge in [0.1, 0.15) is 17.3 Å². The molecule has 0 bridgehead atoms. The highest BCUT2D eigenvalue weighted by Gasteiger charge is 2.45. The number of phenols is 2. The molecule has 118 valence electrons. The van der Waals surface area contributed by atoms with Crippen molar-refractivity contribution < 1.29 is 15.0 Å². The SMILES string of the molecule is O=C1CCCC2(CCc3cc(O)c(-c4ccccc4)c(O)c32)C1. The summed E-state index contributed by atoms with van der Waals surface area (Å²) in [6, 6.07) is 11.2. The number of ketones is 1. The zero-order chi connectivity index (χ0) is 16.0. The Morgan fingerprint density at radius 3 is 2.52 bits per heavy atom. The van der Waals surface area contributed by atoms with E-state index in [0.29, 0.717) is 18.4 Å². The highest BCUT2D eigenvalue weighted by atomic mass is 16.3. The van der Waals surface area contributed by atoms with Gasteiger partial charge in [-0.3, -0.25) is 4.79 Å². The summed E-state index contributed by atoms with van der Waals surface area (Å²) in [5, 5.41) is 21.4. The maximum atomic E-state index is 12.0. The summed E-state index contributed by atoms with van der Waals surface area (Å²) in [6.45, 7) is 0. The molecule has 23 heavy (non-hydrogen) atoms. The first-order chi connectivity index (χ1) is 11.1. The van der Waals surface area contributed by atoms with Crippen LogP contribution in [-0.2, 0) is 16.6 Å². The van der Waals surface area contributed by atoms with Crippen molar-refractivity contribution in [2.75, 3.05) is 0 Å². The van der Waals surface area contributed by atoms with Gasteiger partial charge in [-0.2, -0.15) is 0 Å². The quantitative estimate of drug-likeness (QED) is 0.834. The van der Waals surface area contributed by atoms with Crippen LogP contribution >= 0.6 is 0 Å². The largest absolute Gasteiger partial charge is 0.507 e. The molecule has 0 aromatic heterocycles. The summed E-state index contributed by atoms with van der Waals surface area (Å²) in [5.74, 6) is 0.572. The van der Waals surface area contributed by atoms with E-state index < -0.39 is 0 Å². The number of benzene rings is 2. The minimum atomic E-state index is -0.230. The van der Waals surface area contributed by atoms with E-state index in [0.717, 1.165) is 42.4 Å². The number of aromatic hydroxyl groups is 2. The molecule has 1 unspecified atom stereocenters. The van der Waals surface area contributed by atoms with Crippen LogP contribution in [-0.4, -0.2) is 16.0 Å². The van der Waals surface area contributed by atoms with Gasteiger partial charge < -0.3 is 10.2 Å². The molecule has 0 radical (unpaired) electrons. The van der Waals surface area contributed by atoms with Crippen LogP contribution in [0.5, 0.6) is 11.5 Å². The number of phenolic OH excluding ortho intramolecular Hbond substituents is 2. The Morgan fingerprint density at radius 2 is 1.78 bits per heavy atom. The second-order valence-corrected chi connectivity index (χ2v) is 6.87. The van der Waals surface area contributed by atoms with E-state index >= 15 is 0 Å². The van der Waals surface area contributed by atoms with Crippen LogP contribution in [0.4, 0.5) is 0 Å². The number of carbonyl (C=O) groups excluding carboxylic acids is 1. The van der Waals surface area contributed by atoms with E-state index in [-0.39, 0.29) is 22.7 Å². The van der Waals surface area contributed by atoms with Crippen molar-refractivity contribution in [3.8, 4) is 22.6 Å². The maximum absolute atomic E-state index is 12.0. The second kappa shape index (κ2) is 5.12. The lowest BCUT2D eigenvalue weighted by molar-refractivity contribution is -0.122. The molecule has 0 amide bonds. The molecule has 1 fully saturated rings. The average molecular weight is 308 g/mol. The van der Waals surface area contributed by atoms with Crippen molar-refractivity contribution in [2.24, 2.45) is 0 Å². The van der Waals surface area contributed by atoms with Gasteiger partial charge in [-0.05, 0) is 42.9 Å². The minimum absolute atomic E-state index is 0.117. The Balaban J connectivity index is 1.92.